The number of hydrogen-bond acceptors (Lipinski definition) is 6. The van der Waals surface area contributed by atoms with Gasteiger partial charge in [-0.2, -0.15) is 0 Å². The predicted octanol–water partition coefficient (Wildman–Crippen LogP) is 5.18. The summed E-state index contributed by atoms with van der Waals surface area (Å²) in [7, 11) is 0. The van der Waals surface area contributed by atoms with Gasteiger partial charge in [0.2, 0.25) is 11.8 Å². The number of nitrogens with zero attached hydrogens (tertiary/aromatic N) is 1. The van der Waals surface area contributed by atoms with Crippen LogP contribution in [0.2, 0.25) is 0 Å². The predicted molar refractivity (Wildman–Crippen MR) is 163 cm³/mol. The molecule has 0 saturated heterocycles. The van der Waals surface area contributed by atoms with E-state index in [1.807, 2.05) is 69.3 Å². The van der Waals surface area contributed by atoms with Crippen molar-refractivity contribution >= 4 is 23.9 Å². The number of amides is 3. The molecule has 42 heavy (non-hydrogen) atoms. The maximum Gasteiger partial charge on any atom is 0.408 e. The summed E-state index contributed by atoms with van der Waals surface area (Å²) < 4.78 is 10.9. The molecule has 2 aromatic carbocycles. The summed E-state index contributed by atoms with van der Waals surface area (Å²) in [6.07, 6.45) is 0.0439. The Morgan fingerprint density at radius 2 is 1.48 bits per heavy atom. The molecule has 2 aromatic rings. The highest BCUT2D eigenvalue weighted by molar-refractivity contribution is 5.93. The average molecular weight is 582 g/mol. The van der Waals surface area contributed by atoms with Gasteiger partial charge in [0, 0.05) is 13.0 Å². The SMILES string of the molecule is CCCN(C(=O)CNC(=O)OC(C)(C)C)C(C(=O)NC(Cc1ccccc1)C(=O)OC(C)(C)C)c1ccc(C)c(C)c1. The molecular weight excluding hydrogens is 534 g/mol. The Hall–Kier alpha value is -3.88. The van der Waals surface area contributed by atoms with Crippen LogP contribution in [0.3, 0.4) is 0 Å². The number of benzene rings is 2. The Morgan fingerprint density at radius 3 is 2.02 bits per heavy atom. The van der Waals surface area contributed by atoms with Crippen molar-refractivity contribution in [3.05, 3.63) is 70.8 Å². The Balaban J connectivity index is 2.46. The van der Waals surface area contributed by atoms with E-state index in [0.717, 1.165) is 16.7 Å². The van der Waals surface area contributed by atoms with E-state index >= 15 is 0 Å². The second-order valence-corrected chi connectivity index (χ2v) is 12.5. The van der Waals surface area contributed by atoms with Crippen molar-refractivity contribution in [3.63, 3.8) is 0 Å². The summed E-state index contributed by atoms with van der Waals surface area (Å²) in [5.41, 5.74) is 1.94. The van der Waals surface area contributed by atoms with Crippen molar-refractivity contribution in [2.75, 3.05) is 13.1 Å². The molecule has 9 nitrogen and oxygen atoms in total. The van der Waals surface area contributed by atoms with Gasteiger partial charge >= 0.3 is 12.1 Å². The first kappa shape index (κ1) is 34.3. The van der Waals surface area contributed by atoms with Crippen molar-refractivity contribution in [2.24, 2.45) is 0 Å². The van der Waals surface area contributed by atoms with Crippen molar-refractivity contribution in [3.8, 4) is 0 Å². The lowest BCUT2D eigenvalue weighted by molar-refractivity contribution is -0.159. The lowest BCUT2D eigenvalue weighted by Crippen LogP contribution is -2.52. The van der Waals surface area contributed by atoms with Gasteiger partial charge in [-0.3, -0.25) is 9.59 Å². The maximum atomic E-state index is 14.1. The molecule has 230 valence electrons. The number of hydrogen-bond donors (Lipinski definition) is 2. The van der Waals surface area contributed by atoms with Crippen molar-refractivity contribution in [2.45, 2.75) is 98.4 Å². The number of esters is 1. The van der Waals surface area contributed by atoms with Crippen LogP contribution in [0.4, 0.5) is 4.79 Å². The van der Waals surface area contributed by atoms with Crippen LogP contribution >= 0.6 is 0 Å². The largest absolute Gasteiger partial charge is 0.458 e. The van der Waals surface area contributed by atoms with Crippen LogP contribution in [0.5, 0.6) is 0 Å². The molecule has 0 aliphatic rings. The minimum Gasteiger partial charge on any atom is -0.458 e. The zero-order valence-corrected chi connectivity index (χ0v) is 26.5. The fourth-order valence-electron chi connectivity index (χ4n) is 4.28. The minimum atomic E-state index is -1.06. The topological polar surface area (TPSA) is 114 Å². The summed E-state index contributed by atoms with van der Waals surface area (Å²) in [6.45, 7) is 16.2. The number of carbonyl (C=O) groups is 4. The number of aryl methyl sites for hydroxylation is 2. The summed E-state index contributed by atoms with van der Waals surface area (Å²) in [5.74, 6) is -1.56. The third-order valence-corrected chi connectivity index (χ3v) is 6.26. The highest BCUT2D eigenvalue weighted by atomic mass is 16.6. The smallest absolute Gasteiger partial charge is 0.408 e. The van der Waals surface area contributed by atoms with Gasteiger partial charge in [-0.05, 0) is 84.1 Å². The molecule has 0 aliphatic carbocycles. The second kappa shape index (κ2) is 14.8. The Morgan fingerprint density at radius 1 is 0.857 bits per heavy atom. The average Bonchev–Trinajstić information content (AvgIpc) is 2.87. The highest BCUT2D eigenvalue weighted by Crippen LogP contribution is 2.25. The molecule has 9 heteroatoms. The van der Waals surface area contributed by atoms with Crippen LogP contribution in [0.15, 0.2) is 48.5 Å². The monoisotopic (exact) mass is 581 g/mol. The first-order valence-electron chi connectivity index (χ1n) is 14.4. The molecule has 2 rings (SSSR count). The quantitative estimate of drug-likeness (QED) is 0.354. The molecule has 2 unspecified atom stereocenters. The molecule has 0 aliphatic heterocycles. The number of ether oxygens (including phenoxy) is 2. The van der Waals surface area contributed by atoms with Gasteiger partial charge < -0.3 is 25.0 Å². The first-order valence-corrected chi connectivity index (χ1v) is 14.4. The molecule has 0 saturated carbocycles. The second-order valence-electron chi connectivity index (χ2n) is 12.5. The zero-order valence-electron chi connectivity index (χ0n) is 26.5. The molecule has 0 spiro atoms. The van der Waals surface area contributed by atoms with Gasteiger partial charge in [-0.15, -0.1) is 0 Å². The van der Waals surface area contributed by atoms with E-state index in [1.165, 1.54) is 4.90 Å². The zero-order chi connectivity index (χ0) is 31.7. The summed E-state index contributed by atoms with van der Waals surface area (Å²) in [5, 5.41) is 5.39. The maximum absolute atomic E-state index is 14.1. The Bertz CT molecular complexity index is 1230. The normalized spacial score (nSPS) is 13.0. The molecular formula is C33H47N3O6. The number of alkyl carbamates (subject to hydrolysis) is 1. The number of carbonyl (C=O) groups excluding carboxylic acids is 4. The van der Waals surface area contributed by atoms with Gasteiger partial charge in [0.15, 0.2) is 0 Å². The van der Waals surface area contributed by atoms with E-state index in [4.69, 9.17) is 9.47 Å². The fourth-order valence-corrected chi connectivity index (χ4v) is 4.28. The molecule has 3 amide bonds. The third-order valence-electron chi connectivity index (χ3n) is 6.26. The lowest BCUT2D eigenvalue weighted by atomic mass is 9.98. The van der Waals surface area contributed by atoms with Gasteiger partial charge in [0.25, 0.3) is 0 Å². The molecule has 0 heterocycles. The summed E-state index contributed by atoms with van der Waals surface area (Å²) in [4.78, 5) is 54.7. The van der Waals surface area contributed by atoms with Crippen LogP contribution in [0, 0.1) is 13.8 Å². The molecule has 0 bridgehead atoms. The van der Waals surface area contributed by atoms with Gasteiger partial charge in [0.05, 0.1) is 0 Å². The van der Waals surface area contributed by atoms with E-state index in [0.29, 0.717) is 12.0 Å². The van der Waals surface area contributed by atoms with Crippen LogP contribution in [0.1, 0.15) is 83.2 Å². The van der Waals surface area contributed by atoms with E-state index in [2.05, 4.69) is 10.6 Å². The van der Waals surface area contributed by atoms with Crippen LogP contribution in [-0.2, 0) is 30.3 Å². The Labute approximate surface area is 250 Å². The third kappa shape index (κ3) is 11.2. The lowest BCUT2D eigenvalue weighted by Gasteiger charge is -2.33. The van der Waals surface area contributed by atoms with Crippen molar-refractivity contribution < 1.29 is 28.7 Å². The van der Waals surface area contributed by atoms with Crippen LogP contribution < -0.4 is 10.6 Å². The molecule has 0 fully saturated rings. The number of rotatable bonds is 11. The fraction of sp³-hybridized carbons (Fsp3) is 0.515. The number of nitrogens with one attached hydrogen (secondary N) is 2. The van der Waals surface area contributed by atoms with Crippen molar-refractivity contribution in [1.82, 2.24) is 15.5 Å². The van der Waals surface area contributed by atoms with Gasteiger partial charge in [-0.1, -0.05) is 55.5 Å². The van der Waals surface area contributed by atoms with E-state index in [1.54, 1.807) is 41.5 Å². The molecule has 2 N–H and O–H groups in total. The Kier molecular flexibility index (Phi) is 12.1. The summed E-state index contributed by atoms with van der Waals surface area (Å²) >= 11 is 0. The van der Waals surface area contributed by atoms with E-state index in [9.17, 15) is 19.2 Å². The van der Waals surface area contributed by atoms with E-state index in [-0.39, 0.29) is 19.5 Å². The van der Waals surface area contributed by atoms with Crippen molar-refractivity contribution in [1.29, 1.82) is 0 Å². The van der Waals surface area contributed by atoms with Crippen LogP contribution in [0.25, 0.3) is 0 Å². The molecule has 2 atom stereocenters. The van der Waals surface area contributed by atoms with E-state index < -0.39 is 47.2 Å². The highest BCUT2D eigenvalue weighted by Gasteiger charge is 2.35. The van der Waals surface area contributed by atoms with Crippen LogP contribution in [-0.4, -0.2) is 59.1 Å². The first-order chi connectivity index (χ1) is 19.5. The minimum absolute atomic E-state index is 0.211. The summed E-state index contributed by atoms with van der Waals surface area (Å²) in [6, 6.07) is 12.9. The van der Waals surface area contributed by atoms with Gasteiger partial charge in [-0.25, -0.2) is 9.59 Å². The van der Waals surface area contributed by atoms with Gasteiger partial charge in [0.1, 0.15) is 29.8 Å². The molecule has 0 aromatic heterocycles. The molecule has 0 radical (unpaired) electrons. The standard InChI is InChI=1S/C33H47N3O6/c1-10-18-36(27(37)21-34-31(40)42-33(7,8)9)28(25-17-16-22(2)23(3)19-25)29(38)35-26(30(39)41-32(4,5)6)20-24-14-12-11-13-15-24/h11-17,19,26,28H,10,18,20-21H2,1-9H3,(H,34,40)(H,35,38).